The first-order valence-electron chi connectivity index (χ1n) is 11.4. The second kappa shape index (κ2) is 10.2. The molecule has 172 valence electrons. The summed E-state index contributed by atoms with van der Waals surface area (Å²) in [5.41, 5.74) is 5.45. The topological polar surface area (TPSA) is 48.5 Å². The predicted molar refractivity (Wildman–Crippen MR) is 131 cm³/mol. The summed E-state index contributed by atoms with van der Waals surface area (Å²) in [5, 5.41) is 3.47. The lowest BCUT2D eigenvalue weighted by Gasteiger charge is -2.31. The van der Waals surface area contributed by atoms with Crippen molar-refractivity contribution >= 4 is 11.6 Å². The maximum atomic E-state index is 13.2. The number of carbonyl (C=O) groups is 1. The maximum Gasteiger partial charge on any atom is 0.231 e. The van der Waals surface area contributed by atoms with E-state index < -0.39 is 0 Å². The second-order valence-corrected chi connectivity index (χ2v) is 8.83. The molecule has 33 heavy (non-hydrogen) atoms. The standard InChI is InChI=1S/C27H31FN4O/c1-19-17-32(15-14-29-19)18-21-4-11-25(12-5-21)31(3)27(33)16-23-8-13-26(30-20(23)2)22-6-9-24(28)10-7-22/h4-13,19,29H,14-18H2,1-3H3/t19-/m0/s1. The lowest BCUT2D eigenvalue weighted by Crippen LogP contribution is -2.48. The Kier molecular flexibility index (Phi) is 7.16. The molecule has 0 unspecified atom stereocenters. The molecule has 0 aliphatic carbocycles. The molecule has 0 bridgehead atoms. The minimum Gasteiger partial charge on any atom is -0.315 e. The average Bonchev–Trinajstić information content (AvgIpc) is 2.81. The fraction of sp³-hybridized carbons (Fsp3) is 0.333. The van der Waals surface area contributed by atoms with Gasteiger partial charge in [0.05, 0.1) is 12.1 Å². The summed E-state index contributed by atoms with van der Waals surface area (Å²) < 4.78 is 13.2. The van der Waals surface area contributed by atoms with Crippen LogP contribution in [-0.4, -0.2) is 48.5 Å². The van der Waals surface area contributed by atoms with Crippen molar-refractivity contribution in [3.8, 4) is 11.3 Å². The van der Waals surface area contributed by atoms with Gasteiger partial charge in [-0.15, -0.1) is 0 Å². The van der Waals surface area contributed by atoms with Crippen LogP contribution in [0.25, 0.3) is 11.3 Å². The molecule has 2 aromatic carbocycles. The molecule has 1 aliphatic rings. The minimum absolute atomic E-state index is 0.0121. The van der Waals surface area contributed by atoms with E-state index in [0.29, 0.717) is 6.04 Å². The van der Waals surface area contributed by atoms with Gasteiger partial charge in [0.25, 0.3) is 0 Å². The Balaban J connectivity index is 1.38. The monoisotopic (exact) mass is 446 g/mol. The van der Waals surface area contributed by atoms with Gasteiger partial charge < -0.3 is 10.2 Å². The second-order valence-electron chi connectivity index (χ2n) is 8.83. The molecule has 1 amide bonds. The zero-order valence-corrected chi connectivity index (χ0v) is 19.5. The molecule has 2 heterocycles. The molecule has 5 nitrogen and oxygen atoms in total. The fourth-order valence-corrected chi connectivity index (χ4v) is 4.22. The van der Waals surface area contributed by atoms with Crippen molar-refractivity contribution < 1.29 is 9.18 Å². The van der Waals surface area contributed by atoms with Crippen LogP contribution in [-0.2, 0) is 17.8 Å². The molecular weight excluding hydrogens is 415 g/mol. The van der Waals surface area contributed by atoms with Gasteiger partial charge in [0.1, 0.15) is 5.82 Å². The molecule has 1 aromatic heterocycles. The molecular formula is C27H31FN4O. The van der Waals surface area contributed by atoms with Crippen molar-refractivity contribution in [2.24, 2.45) is 0 Å². The van der Waals surface area contributed by atoms with Gasteiger partial charge in [-0.25, -0.2) is 4.39 Å². The number of likely N-dealkylation sites (N-methyl/N-ethyl adjacent to an activating group) is 1. The average molecular weight is 447 g/mol. The number of anilines is 1. The number of halogens is 1. The summed E-state index contributed by atoms with van der Waals surface area (Å²) in [5.74, 6) is -0.259. The van der Waals surface area contributed by atoms with E-state index in [1.165, 1.54) is 17.7 Å². The van der Waals surface area contributed by atoms with Crippen molar-refractivity contribution in [2.75, 3.05) is 31.6 Å². The highest BCUT2D eigenvalue weighted by atomic mass is 19.1. The quantitative estimate of drug-likeness (QED) is 0.617. The van der Waals surface area contributed by atoms with Gasteiger partial charge in [-0.05, 0) is 67.4 Å². The molecule has 4 rings (SSSR count). The summed E-state index contributed by atoms with van der Waals surface area (Å²) in [7, 11) is 1.81. The van der Waals surface area contributed by atoms with E-state index in [2.05, 4.69) is 34.3 Å². The smallest absolute Gasteiger partial charge is 0.231 e. The van der Waals surface area contributed by atoms with Gasteiger partial charge in [0, 0.05) is 56.2 Å². The lowest BCUT2D eigenvalue weighted by molar-refractivity contribution is -0.117. The molecule has 1 saturated heterocycles. The molecule has 0 spiro atoms. The number of carbonyl (C=O) groups excluding carboxylic acids is 1. The van der Waals surface area contributed by atoms with Gasteiger partial charge >= 0.3 is 0 Å². The van der Waals surface area contributed by atoms with Crippen LogP contribution < -0.4 is 10.2 Å². The number of hydrogen-bond acceptors (Lipinski definition) is 4. The van der Waals surface area contributed by atoms with E-state index in [9.17, 15) is 9.18 Å². The van der Waals surface area contributed by atoms with E-state index in [1.54, 1.807) is 17.0 Å². The van der Waals surface area contributed by atoms with Crippen LogP contribution in [0.1, 0.15) is 23.7 Å². The van der Waals surface area contributed by atoms with E-state index in [4.69, 9.17) is 0 Å². The van der Waals surface area contributed by atoms with E-state index in [1.807, 2.05) is 38.2 Å². The molecule has 1 N–H and O–H groups in total. The van der Waals surface area contributed by atoms with Crippen molar-refractivity contribution in [1.29, 1.82) is 0 Å². The van der Waals surface area contributed by atoms with Crippen LogP contribution in [0.3, 0.4) is 0 Å². The Bertz CT molecular complexity index is 1100. The third-order valence-corrected chi connectivity index (χ3v) is 6.23. The van der Waals surface area contributed by atoms with Gasteiger partial charge in [-0.2, -0.15) is 0 Å². The van der Waals surface area contributed by atoms with Crippen molar-refractivity contribution in [2.45, 2.75) is 32.9 Å². The summed E-state index contributed by atoms with van der Waals surface area (Å²) in [6, 6.07) is 18.9. The first kappa shape index (κ1) is 23.1. The highest BCUT2D eigenvalue weighted by Crippen LogP contribution is 2.21. The number of piperazine rings is 1. The number of nitrogens with zero attached hydrogens (tertiary/aromatic N) is 3. The first-order valence-corrected chi connectivity index (χ1v) is 11.4. The summed E-state index contributed by atoms with van der Waals surface area (Å²) in [6.45, 7) is 8.17. The fourth-order valence-electron chi connectivity index (χ4n) is 4.22. The predicted octanol–water partition coefficient (Wildman–Crippen LogP) is 4.20. The van der Waals surface area contributed by atoms with Crippen molar-refractivity contribution in [3.05, 3.63) is 83.3 Å². The minimum atomic E-state index is -0.271. The number of hydrogen-bond donors (Lipinski definition) is 1. The molecule has 3 aromatic rings. The Morgan fingerprint density at radius 2 is 1.85 bits per heavy atom. The SMILES string of the molecule is Cc1nc(-c2ccc(F)cc2)ccc1CC(=O)N(C)c1ccc(CN2CCN[C@@H](C)C2)cc1. The highest BCUT2D eigenvalue weighted by molar-refractivity contribution is 5.94. The van der Waals surface area contributed by atoms with E-state index in [0.717, 1.165) is 54.4 Å². The number of benzene rings is 2. The van der Waals surface area contributed by atoms with Crippen LogP contribution in [0, 0.1) is 12.7 Å². The van der Waals surface area contributed by atoms with Gasteiger partial charge in [0.2, 0.25) is 5.91 Å². The molecule has 1 fully saturated rings. The van der Waals surface area contributed by atoms with Crippen LogP contribution in [0.2, 0.25) is 0 Å². The number of amides is 1. The summed E-state index contributed by atoms with van der Waals surface area (Å²) in [4.78, 5) is 21.7. The number of pyridine rings is 1. The third-order valence-electron chi connectivity index (χ3n) is 6.23. The number of aromatic nitrogens is 1. The Labute approximate surface area is 195 Å². The Hall–Kier alpha value is -3.09. The van der Waals surface area contributed by atoms with Gasteiger partial charge in [0.15, 0.2) is 0 Å². The number of rotatable bonds is 6. The van der Waals surface area contributed by atoms with Crippen molar-refractivity contribution in [1.82, 2.24) is 15.2 Å². The van der Waals surface area contributed by atoms with Gasteiger partial charge in [-0.3, -0.25) is 14.7 Å². The van der Waals surface area contributed by atoms with E-state index >= 15 is 0 Å². The Morgan fingerprint density at radius 3 is 2.52 bits per heavy atom. The number of aryl methyl sites for hydroxylation is 1. The number of nitrogens with one attached hydrogen (secondary N) is 1. The molecule has 1 atom stereocenters. The van der Waals surface area contributed by atoms with Gasteiger partial charge in [-0.1, -0.05) is 18.2 Å². The normalized spacial score (nSPS) is 16.5. The first-order chi connectivity index (χ1) is 15.9. The van der Waals surface area contributed by atoms with Crippen molar-refractivity contribution in [3.63, 3.8) is 0 Å². The third kappa shape index (κ3) is 5.83. The van der Waals surface area contributed by atoms with E-state index in [-0.39, 0.29) is 18.1 Å². The zero-order valence-electron chi connectivity index (χ0n) is 19.5. The largest absolute Gasteiger partial charge is 0.315 e. The van der Waals surface area contributed by atoms with Crippen LogP contribution in [0.15, 0.2) is 60.7 Å². The molecule has 1 aliphatic heterocycles. The maximum absolute atomic E-state index is 13.2. The molecule has 0 saturated carbocycles. The summed E-state index contributed by atoms with van der Waals surface area (Å²) >= 11 is 0. The highest BCUT2D eigenvalue weighted by Gasteiger charge is 2.17. The van der Waals surface area contributed by atoms with Crippen LogP contribution in [0.5, 0.6) is 0 Å². The molecule has 6 heteroatoms. The van der Waals surface area contributed by atoms with Crippen LogP contribution >= 0.6 is 0 Å². The summed E-state index contributed by atoms with van der Waals surface area (Å²) in [6.07, 6.45) is 0.277. The molecule has 0 radical (unpaired) electrons. The van der Waals surface area contributed by atoms with Crippen LogP contribution in [0.4, 0.5) is 10.1 Å². The zero-order chi connectivity index (χ0) is 23.4. The lowest BCUT2D eigenvalue weighted by atomic mass is 10.1. The Morgan fingerprint density at radius 1 is 1.12 bits per heavy atom.